The van der Waals surface area contributed by atoms with Crippen molar-refractivity contribution in [2.75, 3.05) is 0 Å². The topological polar surface area (TPSA) is 31.6 Å². The molecule has 2 heterocycles. The lowest BCUT2D eigenvalue weighted by Gasteiger charge is -2.03. The van der Waals surface area contributed by atoms with Crippen LogP contribution in [0.15, 0.2) is 42.5 Å². The first-order valence-electron chi connectivity index (χ1n) is 7.12. The molecule has 96 valence electrons. The SMILES string of the molecule is C1=Cc2c([nH]c3c2ccc2c4ccccc4[nH]c23)CC1. The standard InChI is InChI=1S/C18H14N2/c1-3-7-15-11(5-1)13-9-10-14-12-6-2-4-8-16(12)20-18(14)17(13)19-15/h1-3,5-7,9-10,19-20H,4,8H2. The first-order valence-corrected chi connectivity index (χ1v) is 7.12. The molecule has 1 aliphatic carbocycles. The molecule has 2 nitrogen and oxygen atoms in total. The second-order valence-electron chi connectivity index (χ2n) is 5.54. The highest BCUT2D eigenvalue weighted by Crippen LogP contribution is 2.35. The third-order valence-corrected chi connectivity index (χ3v) is 4.42. The van der Waals surface area contributed by atoms with Crippen LogP contribution in [0, 0.1) is 0 Å². The van der Waals surface area contributed by atoms with Crippen LogP contribution in [0.5, 0.6) is 0 Å². The van der Waals surface area contributed by atoms with Gasteiger partial charge in [-0.3, -0.25) is 0 Å². The van der Waals surface area contributed by atoms with Gasteiger partial charge in [-0.1, -0.05) is 42.5 Å². The van der Waals surface area contributed by atoms with Crippen LogP contribution < -0.4 is 0 Å². The third kappa shape index (κ3) is 1.19. The summed E-state index contributed by atoms with van der Waals surface area (Å²) in [7, 11) is 0. The van der Waals surface area contributed by atoms with Crippen molar-refractivity contribution < 1.29 is 0 Å². The molecule has 0 spiro atoms. The van der Waals surface area contributed by atoms with Crippen LogP contribution in [0.25, 0.3) is 38.8 Å². The molecule has 0 saturated carbocycles. The number of H-pyrrole nitrogens is 2. The normalized spacial score (nSPS) is 14.4. The van der Waals surface area contributed by atoms with E-state index < -0.39 is 0 Å². The number of rotatable bonds is 0. The number of benzene rings is 2. The van der Waals surface area contributed by atoms with Gasteiger partial charge in [-0.05, 0) is 18.9 Å². The van der Waals surface area contributed by atoms with Crippen LogP contribution in [-0.4, -0.2) is 9.97 Å². The minimum absolute atomic E-state index is 1.11. The van der Waals surface area contributed by atoms with Crippen molar-refractivity contribution in [2.24, 2.45) is 0 Å². The number of hydrogen-bond acceptors (Lipinski definition) is 0. The van der Waals surface area contributed by atoms with Gasteiger partial charge in [-0.25, -0.2) is 0 Å². The predicted molar refractivity (Wildman–Crippen MR) is 85.0 cm³/mol. The van der Waals surface area contributed by atoms with Crippen molar-refractivity contribution >= 4 is 38.8 Å². The van der Waals surface area contributed by atoms with Crippen LogP contribution in [0.4, 0.5) is 0 Å². The molecule has 1 aliphatic rings. The van der Waals surface area contributed by atoms with Crippen molar-refractivity contribution in [2.45, 2.75) is 12.8 Å². The molecule has 0 aliphatic heterocycles. The summed E-state index contributed by atoms with van der Waals surface area (Å²) in [6, 6.07) is 13.0. The molecule has 2 aromatic heterocycles. The summed E-state index contributed by atoms with van der Waals surface area (Å²) in [5.74, 6) is 0. The van der Waals surface area contributed by atoms with E-state index in [0.717, 1.165) is 12.8 Å². The molecule has 4 aromatic rings. The van der Waals surface area contributed by atoms with E-state index in [2.05, 4.69) is 58.5 Å². The molecular weight excluding hydrogens is 244 g/mol. The Kier molecular flexibility index (Phi) is 1.83. The Morgan fingerprint density at radius 3 is 2.65 bits per heavy atom. The number of allylic oxidation sites excluding steroid dienone is 1. The number of aromatic nitrogens is 2. The van der Waals surface area contributed by atoms with Gasteiger partial charge in [-0.2, -0.15) is 0 Å². The highest BCUT2D eigenvalue weighted by molar-refractivity contribution is 6.17. The van der Waals surface area contributed by atoms with Crippen LogP contribution in [0.2, 0.25) is 0 Å². The lowest BCUT2D eigenvalue weighted by atomic mass is 10.0. The van der Waals surface area contributed by atoms with Gasteiger partial charge >= 0.3 is 0 Å². The Hall–Kier alpha value is -2.48. The summed E-state index contributed by atoms with van der Waals surface area (Å²) in [5.41, 5.74) is 6.42. The lowest BCUT2D eigenvalue weighted by Crippen LogP contribution is -1.90. The van der Waals surface area contributed by atoms with E-state index in [-0.39, 0.29) is 0 Å². The fourth-order valence-electron chi connectivity index (χ4n) is 3.47. The molecule has 2 heteroatoms. The molecule has 0 saturated heterocycles. The average Bonchev–Trinajstić information content (AvgIpc) is 3.05. The summed E-state index contributed by atoms with van der Waals surface area (Å²) < 4.78 is 0. The van der Waals surface area contributed by atoms with E-state index in [9.17, 15) is 0 Å². The zero-order valence-corrected chi connectivity index (χ0v) is 11.0. The number of aryl methyl sites for hydroxylation is 1. The highest BCUT2D eigenvalue weighted by Gasteiger charge is 2.15. The number of hydrogen-bond donors (Lipinski definition) is 2. The molecule has 20 heavy (non-hydrogen) atoms. The van der Waals surface area contributed by atoms with Gasteiger partial charge in [-0.15, -0.1) is 0 Å². The minimum atomic E-state index is 1.11. The van der Waals surface area contributed by atoms with Crippen molar-refractivity contribution in [3.63, 3.8) is 0 Å². The van der Waals surface area contributed by atoms with E-state index in [1.807, 2.05) is 0 Å². The Morgan fingerprint density at radius 1 is 0.800 bits per heavy atom. The van der Waals surface area contributed by atoms with Gasteiger partial charge in [0.2, 0.25) is 0 Å². The highest BCUT2D eigenvalue weighted by atomic mass is 14.8. The maximum atomic E-state index is 3.64. The largest absolute Gasteiger partial charge is 0.356 e. The summed E-state index contributed by atoms with van der Waals surface area (Å²) in [5, 5.41) is 3.93. The van der Waals surface area contributed by atoms with Crippen molar-refractivity contribution in [1.29, 1.82) is 0 Å². The second-order valence-corrected chi connectivity index (χ2v) is 5.54. The van der Waals surface area contributed by atoms with Gasteiger partial charge in [0, 0.05) is 32.9 Å². The van der Waals surface area contributed by atoms with Crippen molar-refractivity contribution in [3.05, 3.63) is 53.7 Å². The minimum Gasteiger partial charge on any atom is -0.356 e. The second kappa shape index (κ2) is 3.54. The zero-order chi connectivity index (χ0) is 13.1. The van der Waals surface area contributed by atoms with Crippen molar-refractivity contribution in [1.82, 2.24) is 9.97 Å². The molecule has 0 fully saturated rings. The monoisotopic (exact) mass is 258 g/mol. The molecule has 0 bridgehead atoms. The van der Waals surface area contributed by atoms with Gasteiger partial charge in [0.05, 0.1) is 11.0 Å². The average molecular weight is 258 g/mol. The molecular formula is C18H14N2. The Bertz CT molecular complexity index is 998. The maximum Gasteiger partial charge on any atom is 0.0710 e. The van der Waals surface area contributed by atoms with Gasteiger partial charge < -0.3 is 9.97 Å². The Labute approximate surface area is 116 Å². The maximum absolute atomic E-state index is 3.64. The van der Waals surface area contributed by atoms with Crippen LogP contribution in [0.1, 0.15) is 17.7 Å². The summed E-state index contributed by atoms with van der Waals surface area (Å²) in [6.45, 7) is 0. The van der Waals surface area contributed by atoms with E-state index in [4.69, 9.17) is 0 Å². The Balaban J connectivity index is 2.01. The molecule has 0 unspecified atom stereocenters. The van der Waals surface area contributed by atoms with E-state index in [1.165, 1.54) is 44.0 Å². The molecule has 0 amide bonds. The van der Waals surface area contributed by atoms with Gasteiger partial charge in [0.15, 0.2) is 0 Å². The van der Waals surface area contributed by atoms with E-state index in [0.29, 0.717) is 0 Å². The lowest BCUT2D eigenvalue weighted by molar-refractivity contribution is 0.951. The Morgan fingerprint density at radius 2 is 1.65 bits per heavy atom. The number of nitrogens with one attached hydrogen (secondary N) is 2. The number of para-hydroxylation sites is 1. The van der Waals surface area contributed by atoms with Gasteiger partial charge in [0.25, 0.3) is 0 Å². The zero-order valence-electron chi connectivity index (χ0n) is 11.0. The first-order chi connectivity index (χ1) is 9.92. The first kappa shape index (κ1) is 10.3. The van der Waals surface area contributed by atoms with Crippen LogP contribution >= 0.6 is 0 Å². The summed E-state index contributed by atoms with van der Waals surface area (Å²) in [6.07, 6.45) is 6.77. The molecule has 5 rings (SSSR count). The van der Waals surface area contributed by atoms with Crippen molar-refractivity contribution in [3.8, 4) is 0 Å². The molecule has 2 N–H and O–H groups in total. The van der Waals surface area contributed by atoms with E-state index in [1.54, 1.807) is 0 Å². The quantitative estimate of drug-likeness (QED) is 0.455. The summed E-state index contributed by atoms with van der Waals surface area (Å²) in [4.78, 5) is 7.21. The molecule has 0 radical (unpaired) electrons. The summed E-state index contributed by atoms with van der Waals surface area (Å²) >= 11 is 0. The number of fused-ring (bicyclic) bond motifs is 7. The molecule has 2 aromatic carbocycles. The van der Waals surface area contributed by atoms with Crippen LogP contribution in [-0.2, 0) is 6.42 Å². The van der Waals surface area contributed by atoms with Gasteiger partial charge in [0.1, 0.15) is 0 Å². The number of aromatic amines is 2. The predicted octanol–water partition coefficient (Wildman–Crippen LogP) is 4.76. The fourth-order valence-corrected chi connectivity index (χ4v) is 3.47. The van der Waals surface area contributed by atoms with Crippen LogP contribution in [0.3, 0.4) is 0 Å². The van der Waals surface area contributed by atoms with E-state index >= 15 is 0 Å². The fraction of sp³-hybridized carbons (Fsp3) is 0.111. The smallest absolute Gasteiger partial charge is 0.0710 e. The third-order valence-electron chi connectivity index (χ3n) is 4.42. The molecule has 0 atom stereocenters.